The SMILES string of the molecule is c1cc(N(c2ccc(-c3ccc4oc5ccccc5c4c3)cc2)c2ccc(-c3cccc4c3oc3ccccc34)cc2)cc(-n2c3ccccc3c3ccccc32)c1. The van der Waals surface area contributed by atoms with Gasteiger partial charge in [-0.2, -0.15) is 0 Å². The zero-order valence-corrected chi connectivity index (χ0v) is 31.3. The van der Waals surface area contributed by atoms with Crippen molar-refractivity contribution >= 4 is 82.7 Å². The third-order valence-electron chi connectivity index (χ3n) is 11.6. The molecule has 0 fully saturated rings. The van der Waals surface area contributed by atoms with Gasteiger partial charge < -0.3 is 18.3 Å². The lowest BCUT2D eigenvalue weighted by molar-refractivity contribution is 0.669. The summed E-state index contributed by atoms with van der Waals surface area (Å²) < 4.78 is 14.9. The fourth-order valence-corrected chi connectivity index (χ4v) is 8.89. The predicted octanol–water partition coefficient (Wildman–Crippen LogP) is 15.4. The molecule has 0 radical (unpaired) electrons. The van der Waals surface area contributed by atoms with Crippen LogP contribution in [0.4, 0.5) is 17.1 Å². The van der Waals surface area contributed by atoms with Crippen LogP contribution in [0.1, 0.15) is 0 Å². The van der Waals surface area contributed by atoms with Crippen LogP contribution < -0.4 is 4.90 Å². The van der Waals surface area contributed by atoms with Gasteiger partial charge in [0.05, 0.1) is 11.0 Å². The fraction of sp³-hybridized carbons (Fsp3) is 0. The van der Waals surface area contributed by atoms with Gasteiger partial charge in [0.1, 0.15) is 22.3 Å². The van der Waals surface area contributed by atoms with E-state index in [1.54, 1.807) is 0 Å². The Morgan fingerprint density at radius 2 is 0.862 bits per heavy atom. The highest BCUT2D eigenvalue weighted by atomic mass is 16.3. The topological polar surface area (TPSA) is 34.5 Å². The lowest BCUT2D eigenvalue weighted by atomic mass is 10.0. The number of benzene rings is 9. The van der Waals surface area contributed by atoms with E-state index in [0.29, 0.717) is 0 Å². The molecule has 0 atom stereocenters. The fourth-order valence-electron chi connectivity index (χ4n) is 8.89. The van der Waals surface area contributed by atoms with Crippen LogP contribution in [0.3, 0.4) is 0 Å². The van der Waals surface area contributed by atoms with Crippen molar-refractivity contribution in [1.29, 1.82) is 0 Å². The second-order valence-electron chi connectivity index (χ2n) is 14.9. The van der Waals surface area contributed by atoms with Crippen molar-refractivity contribution in [3.05, 3.63) is 206 Å². The van der Waals surface area contributed by atoms with Crippen molar-refractivity contribution in [2.24, 2.45) is 0 Å². The van der Waals surface area contributed by atoms with Crippen LogP contribution in [0.2, 0.25) is 0 Å². The molecule has 58 heavy (non-hydrogen) atoms. The van der Waals surface area contributed by atoms with E-state index in [-0.39, 0.29) is 0 Å². The number of furan rings is 2. The van der Waals surface area contributed by atoms with E-state index in [4.69, 9.17) is 8.83 Å². The average Bonchev–Trinajstić information content (AvgIpc) is 3.97. The van der Waals surface area contributed by atoms with Crippen molar-refractivity contribution in [2.45, 2.75) is 0 Å². The monoisotopic (exact) mass is 742 g/mol. The summed E-state index contributed by atoms with van der Waals surface area (Å²) in [6, 6.07) is 73.3. The van der Waals surface area contributed by atoms with E-state index >= 15 is 0 Å². The Labute approximate surface area is 334 Å². The molecule has 0 N–H and O–H groups in total. The molecule has 0 spiro atoms. The van der Waals surface area contributed by atoms with Gasteiger partial charge in [0.2, 0.25) is 0 Å². The minimum absolute atomic E-state index is 0.899. The van der Waals surface area contributed by atoms with Crippen molar-refractivity contribution in [3.63, 3.8) is 0 Å². The van der Waals surface area contributed by atoms with E-state index in [0.717, 1.165) is 88.9 Å². The Morgan fingerprint density at radius 1 is 0.328 bits per heavy atom. The van der Waals surface area contributed by atoms with E-state index in [1.807, 2.05) is 24.3 Å². The van der Waals surface area contributed by atoms with Crippen LogP contribution in [-0.2, 0) is 0 Å². The van der Waals surface area contributed by atoms with Gasteiger partial charge in [-0.3, -0.25) is 0 Å². The maximum Gasteiger partial charge on any atom is 0.143 e. The molecule has 12 rings (SSSR count). The van der Waals surface area contributed by atoms with Crippen LogP contribution in [0.25, 0.3) is 93.6 Å². The highest BCUT2D eigenvalue weighted by Crippen LogP contribution is 2.41. The van der Waals surface area contributed by atoms with Crippen molar-refractivity contribution < 1.29 is 8.83 Å². The standard InChI is InChI=1S/C54H34N2O2/c1-5-19-49-43(13-1)44-14-2-6-20-50(44)56(49)41-12-9-11-40(34-41)55(38-28-23-35(24-29-38)37-27-32-53-48(33-37)46-16-4-7-21-51(46)57-53)39-30-25-36(26-31-39)42-17-10-18-47-45-15-3-8-22-52(45)58-54(42)47/h1-34H. The largest absolute Gasteiger partial charge is 0.456 e. The molecule has 4 heteroatoms. The molecule has 272 valence electrons. The molecule has 0 amide bonds. The molecular formula is C54H34N2O2. The molecule has 0 aliphatic heterocycles. The molecule has 12 aromatic rings. The Kier molecular flexibility index (Phi) is 7.20. The van der Waals surface area contributed by atoms with Gasteiger partial charge in [-0.05, 0) is 95.6 Å². The minimum atomic E-state index is 0.899. The first-order valence-corrected chi connectivity index (χ1v) is 19.7. The Balaban J connectivity index is 0.988. The molecule has 0 unspecified atom stereocenters. The number of para-hydroxylation sites is 5. The zero-order chi connectivity index (χ0) is 38.2. The van der Waals surface area contributed by atoms with Crippen molar-refractivity contribution in [2.75, 3.05) is 4.90 Å². The summed E-state index contributed by atoms with van der Waals surface area (Å²) in [5, 5.41) is 7.00. The molecule has 0 bridgehead atoms. The molecule has 3 aromatic heterocycles. The highest BCUT2D eigenvalue weighted by Gasteiger charge is 2.18. The van der Waals surface area contributed by atoms with Crippen LogP contribution in [0, 0.1) is 0 Å². The Hall–Kier alpha value is -7.82. The van der Waals surface area contributed by atoms with E-state index in [9.17, 15) is 0 Å². The first-order chi connectivity index (χ1) is 28.7. The van der Waals surface area contributed by atoms with Crippen molar-refractivity contribution in [1.82, 2.24) is 4.57 Å². The maximum atomic E-state index is 6.43. The summed E-state index contributed by atoms with van der Waals surface area (Å²) in [5.74, 6) is 0. The van der Waals surface area contributed by atoms with Gasteiger partial charge in [-0.15, -0.1) is 0 Å². The molecule has 0 aliphatic carbocycles. The number of hydrogen-bond donors (Lipinski definition) is 0. The van der Waals surface area contributed by atoms with Gasteiger partial charge in [-0.25, -0.2) is 0 Å². The summed E-state index contributed by atoms with van der Waals surface area (Å²) in [6.45, 7) is 0. The molecule has 3 heterocycles. The van der Waals surface area contributed by atoms with Gasteiger partial charge in [0, 0.05) is 60.6 Å². The predicted molar refractivity (Wildman–Crippen MR) is 241 cm³/mol. The normalized spacial score (nSPS) is 11.8. The molecule has 0 saturated carbocycles. The van der Waals surface area contributed by atoms with Crippen LogP contribution in [0.15, 0.2) is 215 Å². The zero-order valence-electron chi connectivity index (χ0n) is 31.3. The number of fused-ring (bicyclic) bond motifs is 9. The van der Waals surface area contributed by atoms with Gasteiger partial charge >= 0.3 is 0 Å². The average molecular weight is 743 g/mol. The number of hydrogen-bond acceptors (Lipinski definition) is 3. The van der Waals surface area contributed by atoms with E-state index in [2.05, 4.69) is 191 Å². The summed E-state index contributed by atoms with van der Waals surface area (Å²) in [4.78, 5) is 2.35. The van der Waals surface area contributed by atoms with E-state index < -0.39 is 0 Å². The third kappa shape index (κ3) is 5.09. The van der Waals surface area contributed by atoms with Crippen LogP contribution in [-0.4, -0.2) is 4.57 Å². The first kappa shape index (κ1) is 32.4. The lowest BCUT2D eigenvalue weighted by Crippen LogP contribution is -2.10. The number of anilines is 3. The molecule has 0 saturated heterocycles. The first-order valence-electron chi connectivity index (χ1n) is 19.7. The van der Waals surface area contributed by atoms with Gasteiger partial charge in [0.15, 0.2) is 0 Å². The van der Waals surface area contributed by atoms with E-state index in [1.165, 1.54) is 21.8 Å². The molecular weight excluding hydrogens is 709 g/mol. The van der Waals surface area contributed by atoms with Gasteiger partial charge in [0.25, 0.3) is 0 Å². The van der Waals surface area contributed by atoms with Crippen molar-refractivity contribution in [3.8, 4) is 27.9 Å². The summed E-state index contributed by atoms with van der Waals surface area (Å²) in [7, 11) is 0. The number of rotatable bonds is 6. The van der Waals surface area contributed by atoms with Gasteiger partial charge in [-0.1, -0.05) is 127 Å². The van der Waals surface area contributed by atoms with Crippen LogP contribution in [0.5, 0.6) is 0 Å². The second kappa shape index (κ2) is 12.9. The Bertz CT molecular complexity index is 3460. The Morgan fingerprint density at radius 3 is 1.57 bits per heavy atom. The molecule has 0 aliphatic rings. The summed E-state index contributed by atoms with van der Waals surface area (Å²) in [6.07, 6.45) is 0. The number of aromatic nitrogens is 1. The molecule has 9 aromatic carbocycles. The van der Waals surface area contributed by atoms with Crippen LogP contribution >= 0.6 is 0 Å². The smallest absolute Gasteiger partial charge is 0.143 e. The maximum absolute atomic E-state index is 6.43. The highest BCUT2D eigenvalue weighted by molar-refractivity contribution is 6.11. The third-order valence-corrected chi connectivity index (χ3v) is 11.6. The summed E-state index contributed by atoms with van der Waals surface area (Å²) in [5.41, 5.74) is 14.7. The summed E-state index contributed by atoms with van der Waals surface area (Å²) >= 11 is 0. The lowest BCUT2D eigenvalue weighted by Gasteiger charge is -2.26. The number of nitrogens with zero attached hydrogens (tertiary/aromatic N) is 2. The quantitative estimate of drug-likeness (QED) is 0.170. The molecule has 4 nitrogen and oxygen atoms in total. The minimum Gasteiger partial charge on any atom is -0.456 e. The second-order valence-corrected chi connectivity index (χ2v) is 14.9.